The zero-order valence-corrected chi connectivity index (χ0v) is 26.9. The van der Waals surface area contributed by atoms with Crippen molar-refractivity contribution in [2.75, 3.05) is 109 Å². The van der Waals surface area contributed by atoms with Crippen molar-refractivity contribution in [1.82, 2.24) is 24.9 Å². The molecule has 250 valence electrons. The summed E-state index contributed by atoms with van der Waals surface area (Å²) in [7, 11) is 0. The first kappa shape index (κ1) is 37.3. The Kier molecular flexibility index (Phi) is 18.5. The average molecular weight is 622 g/mol. The lowest BCUT2D eigenvalue weighted by Crippen LogP contribution is -2.48. The number of nitrogens with one attached hydrogen (secondary N) is 3. The SMILES string of the molecule is CCCCCNc1c(NCCCCCCNC(=O)CN2CCN(CC)CCN(CC=O)CCN(CC(=O)O)CC2)c(=O)c1=O. The molecule has 0 aromatic heterocycles. The summed E-state index contributed by atoms with van der Waals surface area (Å²) >= 11 is 0. The van der Waals surface area contributed by atoms with Crippen LogP contribution in [0.5, 0.6) is 0 Å². The Labute approximate surface area is 262 Å². The monoisotopic (exact) mass is 621 g/mol. The Bertz CT molecular complexity index is 1060. The van der Waals surface area contributed by atoms with Gasteiger partial charge in [0, 0.05) is 72.0 Å². The molecular weight excluding hydrogens is 566 g/mol. The fraction of sp³-hybridized carbons (Fsp3) is 0.774. The molecule has 1 aromatic carbocycles. The Morgan fingerprint density at radius 2 is 1.16 bits per heavy atom. The second-order valence-electron chi connectivity index (χ2n) is 11.6. The first-order valence-electron chi connectivity index (χ1n) is 16.4. The Morgan fingerprint density at radius 1 is 0.682 bits per heavy atom. The molecule has 0 aliphatic carbocycles. The first-order valence-corrected chi connectivity index (χ1v) is 16.4. The van der Waals surface area contributed by atoms with E-state index in [1.807, 2.05) is 4.90 Å². The quantitative estimate of drug-likeness (QED) is 0.0911. The van der Waals surface area contributed by atoms with Crippen LogP contribution in [0.1, 0.15) is 58.8 Å². The van der Waals surface area contributed by atoms with Crippen molar-refractivity contribution in [3.63, 3.8) is 0 Å². The molecule has 0 atom stereocenters. The van der Waals surface area contributed by atoms with Crippen molar-refractivity contribution in [3.05, 3.63) is 20.4 Å². The minimum absolute atomic E-state index is 0.0391. The Hall–Kier alpha value is -2.87. The molecule has 1 aromatic rings. The molecule has 13 nitrogen and oxygen atoms in total. The lowest BCUT2D eigenvalue weighted by Gasteiger charge is -2.32. The van der Waals surface area contributed by atoms with E-state index in [9.17, 15) is 29.1 Å². The van der Waals surface area contributed by atoms with Gasteiger partial charge in [0.15, 0.2) is 0 Å². The van der Waals surface area contributed by atoms with Gasteiger partial charge in [-0.25, -0.2) is 0 Å². The van der Waals surface area contributed by atoms with E-state index in [0.717, 1.165) is 77.4 Å². The third kappa shape index (κ3) is 14.3. The van der Waals surface area contributed by atoms with Crippen molar-refractivity contribution in [3.8, 4) is 0 Å². The highest BCUT2D eigenvalue weighted by molar-refractivity contribution is 5.78. The van der Waals surface area contributed by atoms with Crippen LogP contribution in [-0.2, 0) is 14.4 Å². The number of amides is 1. The summed E-state index contributed by atoms with van der Waals surface area (Å²) in [6.07, 6.45) is 7.64. The number of nitrogens with zero attached hydrogens (tertiary/aromatic N) is 4. The minimum Gasteiger partial charge on any atom is -0.480 e. The predicted octanol–water partition coefficient (Wildman–Crippen LogP) is 0.498. The number of aldehydes is 1. The fourth-order valence-corrected chi connectivity index (χ4v) is 5.31. The van der Waals surface area contributed by atoms with Crippen molar-refractivity contribution in [2.24, 2.45) is 0 Å². The van der Waals surface area contributed by atoms with Crippen LogP contribution in [0.25, 0.3) is 0 Å². The van der Waals surface area contributed by atoms with Gasteiger partial charge >= 0.3 is 5.97 Å². The van der Waals surface area contributed by atoms with Gasteiger partial charge in [-0.05, 0) is 25.8 Å². The molecule has 2 rings (SSSR count). The summed E-state index contributed by atoms with van der Waals surface area (Å²) in [5.41, 5.74) is -0.0471. The number of likely N-dealkylation sites (N-methyl/N-ethyl adjacent to an activating group) is 1. The molecule has 1 fully saturated rings. The third-order valence-electron chi connectivity index (χ3n) is 8.16. The Morgan fingerprint density at radius 3 is 1.66 bits per heavy atom. The zero-order valence-electron chi connectivity index (χ0n) is 26.9. The number of hydrogen-bond acceptors (Lipinski definition) is 11. The van der Waals surface area contributed by atoms with Crippen molar-refractivity contribution in [1.29, 1.82) is 0 Å². The summed E-state index contributed by atoms with van der Waals surface area (Å²) in [6.45, 7) is 12.8. The van der Waals surface area contributed by atoms with Crippen LogP contribution in [0.4, 0.5) is 11.4 Å². The zero-order chi connectivity index (χ0) is 32.2. The van der Waals surface area contributed by atoms with Gasteiger partial charge in [-0.1, -0.05) is 39.5 Å². The molecule has 13 heteroatoms. The van der Waals surface area contributed by atoms with Crippen LogP contribution >= 0.6 is 0 Å². The highest BCUT2D eigenvalue weighted by Crippen LogP contribution is 2.15. The molecule has 0 radical (unpaired) electrons. The van der Waals surface area contributed by atoms with Crippen LogP contribution in [0, 0.1) is 0 Å². The van der Waals surface area contributed by atoms with E-state index in [4.69, 9.17) is 0 Å². The minimum atomic E-state index is -0.889. The van der Waals surface area contributed by atoms with Gasteiger partial charge in [0.1, 0.15) is 17.7 Å². The average Bonchev–Trinajstić information content (AvgIpc) is 3.00. The second kappa shape index (κ2) is 21.8. The molecule has 1 aliphatic rings. The van der Waals surface area contributed by atoms with Crippen LogP contribution in [-0.4, -0.2) is 141 Å². The molecule has 0 bridgehead atoms. The number of carbonyl (C=O) groups excluding carboxylic acids is 2. The van der Waals surface area contributed by atoms with E-state index in [2.05, 4.69) is 44.5 Å². The molecule has 0 saturated carbocycles. The van der Waals surface area contributed by atoms with Gasteiger partial charge in [0.2, 0.25) is 5.91 Å². The Balaban J connectivity index is 1.71. The van der Waals surface area contributed by atoms with Gasteiger partial charge in [0.25, 0.3) is 10.9 Å². The maximum Gasteiger partial charge on any atom is 0.317 e. The standard InChI is InChI=1S/C31H55N7O6/c1-3-5-8-12-33-28-29(31(44)30(28)43)34-13-10-7-6-9-11-32-26(40)24-37-18-15-35(4-2)14-16-36(22-23-39)17-19-38(21-20-37)25-27(41)42/h23,33-34H,3-22,24-25H2,1-2H3,(H,32,40)(H,41,42). The lowest BCUT2D eigenvalue weighted by atomic mass is 10.1. The number of unbranched alkanes of at least 4 members (excludes halogenated alkanes) is 5. The van der Waals surface area contributed by atoms with Crippen LogP contribution in [0.15, 0.2) is 9.59 Å². The van der Waals surface area contributed by atoms with Gasteiger partial charge in [-0.3, -0.25) is 33.9 Å². The predicted molar refractivity (Wildman–Crippen MR) is 174 cm³/mol. The molecule has 1 aliphatic heterocycles. The molecule has 44 heavy (non-hydrogen) atoms. The smallest absolute Gasteiger partial charge is 0.317 e. The number of carboxylic acids is 1. The van der Waals surface area contributed by atoms with Crippen molar-refractivity contribution in [2.45, 2.75) is 58.8 Å². The molecule has 1 amide bonds. The van der Waals surface area contributed by atoms with E-state index in [1.165, 1.54) is 0 Å². The van der Waals surface area contributed by atoms with E-state index in [1.54, 1.807) is 0 Å². The van der Waals surface area contributed by atoms with E-state index in [0.29, 0.717) is 70.3 Å². The summed E-state index contributed by atoms with van der Waals surface area (Å²) < 4.78 is 0. The molecule has 0 spiro atoms. The maximum atomic E-state index is 12.8. The highest BCUT2D eigenvalue weighted by Gasteiger charge is 2.20. The number of aliphatic carboxylic acids is 1. The van der Waals surface area contributed by atoms with E-state index < -0.39 is 16.8 Å². The third-order valence-corrected chi connectivity index (χ3v) is 8.16. The van der Waals surface area contributed by atoms with Gasteiger partial charge in [0.05, 0.1) is 19.6 Å². The maximum absolute atomic E-state index is 12.8. The number of hydrogen-bond donors (Lipinski definition) is 4. The molecular formula is C31H55N7O6. The molecule has 0 unspecified atom stereocenters. The number of carboxylic acid groups (broad SMARTS) is 1. The molecule has 1 saturated heterocycles. The lowest BCUT2D eigenvalue weighted by molar-refractivity contribution is -0.138. The number of carbonyl (C=O) groups is 3. The molecule has 4 N–H and O–H groups in total. The van der Waals surface area contributed by atoms with Crippen LogP contribution in [0.3, 0.4) is 0 Å². The fourth-order valence-electron chi connectivity index (χ4n) is 5.31. The van der Waals surface area contributed by atoms with E-state index in [-0.39, 0.29) is 19.0 Å². The summed E-state index contributed by atoms with van der Waals surface area (Å²) in [6, 6.07) is 0. The number of anilines is 2. The van der Waals surface area contributed by atoms with Crippen molar-refractivity contribution < 1.29 is 19.5 Å². The molecule has 1 heterocycles. The van der Waals surface area contributed by atoms with Gasteiger partial charge in [-0.2, -0.15) is 0 Å². The van der Waals surface area contributed by atoms with Crippen molar-refractivity contribution >= 4 is 29.5 Å². The second-order valence-corrected chi connectivity index (χ2v) is 11.6. The number of rotatable bonds is 20. The van der Waals surface area contributed by atoms with Crippen LogP contribution < -0.4 is 26.8 Å². The summed E-state index contributed by atoms with van der Waals surface area (Å²) in [4.78, 5) is 67.4. The highest BCUT2D eigenvalue weighted by atomic mass is 16.4. The topological polar surface area (TPSA) is 155 Å². The summed E-state index contributed by atoms with van der Waals surface area (Å²) in [5.74, 6) is -0.928. The van der Waals surface area contributed by atoms with E-state index >= 15 is 0 Å². The largest absolute Gasteiger partial charge is 0.480 e. The normalized spacial score (nSPS) is 16.7. The van der Waals surface area contributed by atoms with Crippen LogP contribution in [0.2, 0.25) is 0 Å². The van der Waals surface area contributed by atoms with Gasteiger partial charge < -0.3 is 30.8 Å². The summed E-state index contributed by atoms with van der Waals surface area (Å²) in [5, 5.41) is 18.6. The van der Waals surface area contributed by atoms with Gasteiger partial charge in [-0.15, -0.1) is 0 Å². The first-order chi connectivity index (χ1) is 21.3.